The van der Waals surface area contributed by atoms with E-state index in [-0.39, 0.29) is 24.6 Å². The third kappa shape index (κ3) is 3.87. The van der Waals surface area contributed by atoms with E-state index in [0.717, 1.165) is 25.7 Å². The molecule has 2 atom stereocenters. The number of urea groups is 1. The first-order chi connectivity index (χ1) is 11.3. The predicted molar refractivity (Wildman–Crippen MR) is 86.3 cm³/mol. The molecule has 0 bridgehead atoms. The highest BCUT2D eigenvalue weighted by atomic mass is 16.3. The SMILES string of the molecule is O=C(Nc1cnn(-c2ccccn2)c1)N[C@H]1CCCC[C@H]1CO. The normalized spacial score (nSPS) is 20.9. The van der Waals surface area contributed by atoms with E-state index < -0.39 is 0 Å². The molecule has 1 fully saturated rings. The summed E-state index contributed by atoms with van der Waals surface area (Å²) in [5.74, 6) is 0.833. The lowest BCUT2D eigenvalue weighted by atomic mass is 9.85. The number of carbonyl (C=O) groups is 1. The van der Waals surface area contributed by atoms with Crippen LogP contribution in [0.25, 0.3) is 5.82 Å². The molecule has 23 heavy (non-hydrogen) atoms. The molecular weight excluding hydrogens is 294 g/mol. The van der Waals surface area contributed by atoms with Gasteiger partial charge in [0.2, 0.25) is 0 Å². The minimum Gasteiger partial charge on any atom is -0.396 e. The van der Waals surface area contributed by atoms with Crippen LogP contribution in [-0.4, -0.2) is 38.6 Å². The number of aliphatic hydroxyl groups excluding tert-OH is 1. The average Bonchev–Trinajstić information content (AvgIpc) is 3.04. The molecule has 0 spiro atoms. The maximum atomic E-state index is 12.1. The van der Waals surface area contributed by atoms with E-state index in [4.69, 9.17) is 0 Å². The van der Waals surface area contributed by atoms with Gasteiger partial charge in [-0.3, -0.25) is 0 Å². The number of hydrogen-bond acceptors (Lipinski definition) is 4. The lowest BCUT2D eigenvalue weighted by molar-refractivity contribution is 0.156. The van der Waals surface area contributed by atoms with E-state index in [1.165, 1.54) is 0 Å². The quantitative estimate of drug-likeness (QED) is 0.804. The summed E-state index contributed by atoms with van der Waals surface area (Å²) in [6, 6.07) is 5.31. The fourth-order valence-electron chi connectivity index (χ4n) is 2.95. The van der Waals surface area contributed by atoms with Crippen LogP contribution < -0.4 is 10.6 Å². The second-order valence-corrected chi connectivity index (χ2v) is 5.79. The minimum absolute atomic E-state index is 0.0274. The average molecular weight is 315 g/mol. The van der Waals surface area contributed by atoms with Crippen LogP contribution >= 0.6 is 0 Å². The standard InChI is InChI=1S/C16H21N5O2/c22-11-12-5-1-2-6-14(12)20-16(23)19-13-9-18-21(10-13)15-7-3-4-8-17-15/h3-4,7-10,12,14,22H,1-2,5-6,11H2,(H2,19,20,23)/t12-,14-/m0/s1. The molecule has 2 amide bonds. The van der Waals surface area contributed by atoms with Crippen LogP contribution in [-0.2, 0) is 0 Å². The Balaban J connectivity index is 1.59. The molecule has 3 rings (SSSR count). The van der Waals surface area contributed by atoms with Gasteiger partial charge in [0, 0.05) is 24.8 Å². The van der Waals surface area contributed by atoms with Crippen LogP contribution in [0.4, 0.5) is 10.5 Å². The van der Waals surface area contributed by atoms with Crippen molar-refractivity contribution in [3.05, 3.63) is 36.8 Å². The Morgan fingerprint density at radius 1 is 1.35 bits per heavy atom. The van der Waals surface area contributed by atoms with E-state index >= 15 is 0 Å². The molecule has 0 radical (unpaired) electrons. The monoisotopic (exact) mass is 315 g/mol. The van der Waals surface area contributed by atoms with Gasteiger partial charge in [0.15, 0.2) is 5.82 Å². The molecule has 0 aliphatic heterocycles. The number of carbonyl (C=O) groups excluding carboxylic acids is 1. The summed E-state index contributed by atoms with van der Waals surface area (Å²) < 4.78 is 1.60. The molecule has 7 heteroatoms. The highest BCUT2D eigenvalue weighted by Crippen LogP contribution is 2.24. The summed E-state index contributed by atoms with van der Waals surface area (Å²) in [4.78, 5) is 16.3. The lowest BCUT2D eigenvalue weighted by Gasteiger charge is -2.30. The van der Waals surface area contributed by atoms with Gasteiger partial charge in [-0.1, -0.05) is 18.9 Å². The fraction of sp³-hybridized carbons (Fsp3) is 0.438. The number of anilines is 1. The van der Waals surface area contributed by atoms with Gasteiger partial charge >= 0.3 is 6.03 Å². The molecule has 1 saturated carbocycles. The van der Waals surface area contributed by atoms with Crippen LogP contribution in [0.3, 0.4) is 0 Å². The molecule has 2 aromatic rings. The highest BCUT2D eigenvalue weighted by Gasteiger charge is 2.25. The topological polar surface area (TPSA) is 92.1 Å². The zero-order valence-electron chi connectivity index (χ0n) is 12.9. The van der Waals surface area contributed by atoms with Gasteiger partial charge < -0.3 is 15.7 Å². The number of pyridine rings is 1. The number of amides is 2. The second-order valence-electron chi connectivity index (χ2n) is 5.79. The van der Waals surface area contributed by atoms with E-state index in [0.29, 0.717) is 11.5 Å². The van der Waals surface area contributed by atoms with E-state index in [1.807, 2.05) is 18.2 Å². The van der Waals surface area contributed by atoms with E-state index in [9.17, 15) is 9.90 Å². The van der Waals surface area contributed by atoms with Crippen molar-refractivity contribution in [2.75, 3.05) is 11.9 Å². The Kier molecular flexibility index (Phi) is 4.87. The molecule has 7 nitrogen and oxygen atoms in total. The molecule has 1 aliphatic carbocycles. The van der Waals surface area contributed by atoms with Crippen LogP contribution in [0.15, 0.2) is 36.8 Å². The summed E-state index contributed by atoms with van der Waals surface area (Å²) in [6.07, 6.45) is 9.05. The smallest absolute Gasteiger partial charge is 0.319 e. The molecule has 2 aromatic heterocycles. The summed E-state index contributed by atoms with van der Waals surface area (Å²) in [6.45, 7) is 0.114. The van der Waals surface area contributed by atoms with Gasteiger partial charge in [-0.15, -0.1) is 0 Å². The Hall–Kier alpha value is -2.41. The number of aliphatic hydroxyl groups is 1. The Bertz CT molecular complexity index is 643. The first kappa shape index (κ1) is 15.5. The van der Waals surface area contributed by atoms with Crippen molar-refractivity contribution in [2.24, 2.45) is 5.92 Å². The fourth-order valence-corrected chi connectivity index (χ4v) is 2.95. The van der Waals surface area contributed by atoms with Crippen molar-refractivity contribution in [3.63, 3.8) is 0 Å². The van der Waals surface area contributed by atoms with Gasteiger partial charge in [0.25, 0.3) is 0 Å². The Labute approximate surface area is 134 Å². The third-order valence-corrected chi connectivity index (χ3v) is 4.18. The number of nitrogens with one attached hydrogen (secondary N) is 2. The number of hydrogen-bond donors (Lipinski definition) is 3. The van der Waals surface area contributed by atoms with Gasteiger partial charge in [0.05, 0.1) is 18.1 Å². The number of aromatic nitrogens is 3. The molecule has 0 saturated heterocycles. The number of rotatable bonds is 4. The molecule has 0 aromatic carbocycles. The van der Waals surface area contributed by atoms with Crippen LogP contribution in [0.2, 0.25) is 0 Å². The van der Waals surface area contributed by atoms with Crippen molar-refractivity contribution in [3.8, 4) is 5.82 Å². The predicted octanol–water partition coefficient (Wildman–Crippen LogP) is 1.94. The first-order valence-electron chi connectivity index (χ1n) is 7.90. The first-order valence-corrected chi connectivity index (χ1v) is 7.90. The van der Waals surface area contributed by atoms with Gasteiger partial charge in [-0.05, 0) is 25.0 Å². The maximum Gasteiger partial charge on any atom is 0.319 e. The molecule has 122 valence electrons. The summed E-state index contributed by atoms with van der Waals surface area (Å²) >= 11 is 0. The summed E-state index contributed by atoms with van der Waals surface area (Å²) in [5, 5.41) is 19.3. The van der Waals surface area contributed by atoms with E-state index in [2.05, 4.69) is 20.7 Å². The second kappa shape index (κ2) is 7.23. The third-order valence-electron chi connectivity index (χ3n) is 4.18. The van der Waals surface area contributed by atoms with Crippen molar-refractivity contribution < 1.29 is 9.90 Å². The van der Waals surface area contributed by atoms with Crippen LogP contribution in [0.1, 0.15) is 25.7 Å². The largest absolute Gasteiger partial charge is 0.396 e. The van der Waals surface area contributed by atoms with Crippen molar-refractivity contribution >= 4 is 11.7 Å². The number of nitrogens with zero attached hydrogens (tertiary/aromatic N) is 3. The summed E-state index contributed by atoms with van der Waals surface area (Å²) in [5.41, 5.74) is 0.601. The lowest BCUT2D eigenvalue weighted by Crippen LogP contribution is -2.45. The van der Waals surface area contributed by atoms with Gasteiger partial charge in [-0.2, -0.15) is 5.10 Å². The van der Waals surface area contributed by atoms with Crippen molar-refractivity contribution in [2.45, 2.75) is 31.7 Å². The zero-order chi connectivity index (χ0) is 16.1. The highest BCUT2D eigenvalue weighted by molar-refractivity contribution is 5.89. The van der Waals surface area contributed by atoms with Gasteiger partial charge in [0.1, 0.15) is 0 Å². The van der Waals surface area contributed by atoms with Crippen molar-refractivity contribution in [1.29, 1.82) is 0 Å². The molecule has 0 unspecified atom stereocenters. The molecule has 1 aliphatic rings. The van der Waals surface area contributed by atoms with Gasteiger partial charge in [-0.25, -0.2) is 14.5 Å². The molecular formula is C16H21N5O2. The van der Waals surface area contributed by atoms with Crippen LogP contribution in [0.5, 0.6) is 0 Å². The molecule has 3 N–H and O–H groups in total. The maximum absolute atomic E-state index is 12.1. The van der Waals surface area contributed by atoms with Crippen molar-refractivity contribution in [1.82, 2.24) is 20.1 Å². The molecule has 2 heterocycles. The summed E-state index contributed by atoms with van der Waals surface area (Å²) in [7, 11) is 0. The Morgan fingerprint density at radius 3 is 3.00 bits per heavy atom. The minimum atomic E-state index is -0.268. The zero-order valence-corrected chi connectivity index (χ0v) is 12.9. The Morgan fingerprint density at radius 2 is 2.22 bits per heavy atom. The van der Waals surface area contributed by atoms with E-state index in [1.54, 1.807) is 23.3 Å². The van der Waals surface area contributed by atoms with Crippen LogP contribution in [0, 0.1) is 5.92 Å².